The molecule has 0 aromatic carbocycles. The first-order valence-corrected chi connectivity index (χ1v) is 6.81. The van der Waals surface area contributed by atoms with Crippen molar-refractivity contribution in [3.05, 3.63) is 46.0 Å². The van der Waals surface area contributed by atoms with Gasteiger partial charge in [-0.25, -0.2) is 8.78 Å². The molecule has 0 aliphatic carbocycles. The number of thiophene rings is 1. The van der Waals surface area contributed by atoms with E-state index in [0.29, 0.717) is 6.07 Å². The van der Waals surface area contributed by atoms with Crippen molar-refractivity contribution in [2.24, 2.45) is 0 Å². The molecule has 0 aliphatic heterocycles. The Labute approximate surface area is 113 Å². The van der Waals surface area contributed by atoms with Crippen molar-refractivity contribution in [3.8, 4) is 0 Å². The van der Waals surface area contributed by atoms with Crippen LogP contribution in [0.25, 0.3) is 0 Å². The van der Waals surface area contributed by atoms with E-state index in [9.17, 15) is 13.2 Å². The third-order valence-electron chi connectivity index (χ3n) is 2.66. The summed E-state index contributed by atoms with van der Waals surface area (Å²) >= 11 is 1.52. The summed E-state index contributed by atoms with van der Waals surface area (Å²) in [5.74, 6) is -3.74. The first-order chi connectivity index (χ1) is 9.11. The Balaban J connectivity index is 2.24. The predicted octanol–water partition coefficient (Wildman–Crippen LogP) is 4.51. The van der Waals surface area contributed by atoms with E-state index in [1.165, 1.54) is 11.3 Å². The van der Waals surface area contributed by atoms with Crippen molar-refractivity contribution in [2.45, 2.75) is 25.8 Å². The molecule has 0 saturated heterocycles. The van der Waals surface area contributed by atoms with E-state index in [0.717, 1.165) is 17.7 Å². The summed E-state index contributed by atoms with van der Waals surface area (Å²) in [5.41, 5.74) is 0. The second-order valence-electron chi connectivity index (χ2n) is 4.09. The highest BCUT2D eigenvalue weighted by Gasteiger charge is 2.17. The summed E-state index contributed by atoms with van der Waals surface area (Å²) in [6.45, 7) is 2.00. The molecule has 2 nitrogen and oxygen atoms in total. The number of hydrogen-bond donors (Lipinski definition) is 1. The molecule has 2 aromatic rings. The van der Waals surface area contributed by atoms with E-state index in [2.05, 4.69) is 10.3 Å². The Morgan fingerprint density at radius 1 is 1.32 bits per heavy atom. The monoisotopic (exact) mass is 286 g/mol. The van der Waals surface area contributed by atoms with E-state index < -0.39 is 17.6 Å². The Hall–Kier alpha value is -1.56. The van der Waals surface area contributed by atoms with Crippen LogP contribution in [0.1, 0.15) is 30.7 Å². The molecular formula is C13H13F3N2S. The fourth-order valence-electron chi connectivity index (χ4n) is 1.77. The highest BCUT2D eigenvalue weighted by molar-refractivity contribution is 7.10. The average Bonchev–Trinajstić information content (AvgIpc) is 2.89. The zero-order valence-electron chi connectivity index (χ0n) is 10.3. The van der Waals surface area contributed by atoms with Gasteiger partial charge in [0.1, 0.15) is 0 Å². The van der Waals surface area contributed by atoms with E-state index in [1.807, 2.05) is 24.4 Å². The van der Waals surface area contributed by atoms with Crippen LogP contribution < -0.4 is 5.32 Å². The molecule has 0 amide bonds. The summed E-state index contributed by atoms with van der Waals surface area (Å²) in [7, 11) is 0. The van der Waals surface area contributed by atoms with Crippen LogP contribution in [-0.4, -0.2) is 4.98 Å². The zero-order valence-corrected chi connectivity index (χ0v) is 11.1. The maximum atomic E-state index is 13.5. The van der Waals surface area contributed by atoms with E-state index >= 15 is 0 Å². The molecule has 1 N–H and O–H groups in total. The van der Waals surface area contributed by atoms with Crippen molar-refractivity contribution in [1.82, 2.24) is 4.98 Å². The van der Waals surface area contributed by atoms with E-state index in [4.69, 9.17) is 0 Å². The Morgan fingerprint density at radius 3 is 2.74 bits per heavy atom. The molecule has 2 heterocycles. The lowest BCUT2D eigenvalue weighted by Crippen LogP contribution is -2.12. The Bertz CT molecular complexity index is 543. The molecule has 0 saturated carbocycles. The summed E-state index contributed by atoms with van der Waals surface area (Å²) in [6, 6.07) is 4.15. The molecule has 0 aliphatic rings. The number of nitrogens with one attached hydrogen (secondary N) is 1. The van der Waals surface area contributed by atoms with Crippen molar-refractivity contribution < 1.29 is 13.2 Å². The first kappa shape index (κ1) is 13.9. The first-order valence-electron chi connectivity index (χ1n) is 5.93. The molecule has 0 fully saturated rings. The molecule has 19 heavy (non-hydrogen) atoms. The number of hydrogen-bond acceptors (Lipinski definition) is 3. The van der Waals surface area contributed by atoms with Gasteiger partial charge in [0.25, 0.3) is 5.95 Å². The summed E-state index contributed by atoms with van der Waals surface area (Å²) < 4.78 is 39.4. The zero-order chi connectivity index (χ0) is 13.8. The van der Waals surface area contributed by atoms with Crippen molar-refractivity contribution in [2.75, 3.05) is 5.32 Å². The second-order valence-corrected chi connectivity index (χ2v) is 5.07. The molecule has 6 heteroatoms. The van der Waals surface area contributed by atoms with Gasteiger partial charge in [-0.15, -0.1) is 11.3 Å². The number of rotatable bonds is 5. The van der Waals surface area contributed by atoms with Gasteiger partial charge in [-0.3, -0.25) is 0 Å². The summed E-state index contributed by atoms with van der Waals surface area (Å²) in [4.78, 5) is 4.29. The van der Waals surface area contributed by atoms with Gasteiger partial charge in [0, 0.05) is 10.9 Å². The maximum absolute atomic E-state index is 13.5. The molecule has 0 radical (unpaired) electrons. The minimum Gasteiger partial charge on any atom is -0.360 e. The topological polar surface area (TPSA) is 24.9 Å². The maximum Gasteiger partial charge on any atom is 0.251 e. The molecule has 2 aromatic heterocycles. The van der Waals surface area contributed by atoms with Gasteiger partial charge in [-0.1, -0.05) is 19.4 Å². The van der Waals surface area contributed by atoms with Crippen LogP contribution >= 0.6 is 11.3 Å². The number of halogens is 3. The lowest BCUT2D eigenvalue weighted by molar-refractivity contribution is 0.465. The van der Waals surface area contributed by atoms with Crippen LogP contribution in [0.15, 0.2) is 23.6 Å². The molecule has 1 atom stereocenters. The van der Waals surface area contributed by atoms with Crippen LogP contribution in [-0.2, 0) is 0 Å². The van der Waals surface area contributed by atoms with Gasteiger partial charge in [-0.2, -0.15) is 9.37 Å². The third-order valence-corrected chi connectivity index (χ3v) is 3.65. The molecule has 2 rings (SSSR count). The number of aromatic nitrogens is 1. The van der Waals surface area contributed by atoms with Gasteiger partial charge in [0.15, 0.2) is 17.5 Å². The number of anilines is 1. The minimum absolute atomic E-state index is 0.156. The van der Waals surface area contributed by atoms with Gasteiger partial charge < -0.3 is 5.32 Å². The number of pyridine rings is 1. The van der Waals surface area contributed by atoms with Gasteiger partial charge in [-0.05, 0) is 17.9 Å². The van der Waals surface area contributed by atoms with Crippen molar-refractivity contribution in [3.63, 3.8) is 0 Å². The molecule has 1 unspecified atom stereocenters. The normalized spacial score (nSPS) is 12.4. The number of nitrogens with zero attached hydrogens (tertiary/aromatic N) is 1. The summed E-state index contributed by atoms with van der Waals surface area (Å²) in [6.07, 6.45) is 1.63. The molecule has 0 spiro atoms. The average molecular weight is 286 g/mol. The standard InChI is InChI=1S/C13H13F3N2S/c1-2-4-10(11-5-3-6-19-11)17-13-9(15)7-8(14)12(16)18-13/h3,5-7,10H,2,4H2,1H3,(H,17,18). The lowest BCUT2D eigenvalue weighted by atomic mass is 10.1. The predicted molar refractivity (Wildman–Crippen MR) is 69.7 cm³/mol. The molecular weight excluding hydrogens is 273 g/mol. The van der Waals surface area contributed by atoms with Crippen LogP contribution in [0.2, 0.25) is 0 Å². The largest absolute Gasteiger partial charge is 0.360 e. The molecule has 102 valence electrons. The highest BCUT2D eigenvalue weighted by Crippen LogP contribution is 2.28. The van der Waals surface area contributed by atoms with Gasteiger partial charge in [0.05, 0.1) is 6.04 Å². The van der Waals surface area contributed by atoms with Gasteiger partial charge >= 0.3 is 0 Å². The van der Waals surface area contributed by atoms with Crippen LogP contribution in [0, 0.1) is 17.6 Å². The second kappa shape index (κ2) is 6.06. The summed E-state index contributed by atoms with van der Waals surface area (Å²) in [5, 5.41) is 4.75. The lowest BCUT2D eigenvalue weighted by Gasteiger charge is -2.17. The smallest absolute Gasteiger partial charge is 0.251 e. The van der Waals surface area contributed by atoms with Crippen molar-refractivity contribution in [1.29, 1.82) is 0 Å². The SMILES string of the molecule is CCCC(Nc1nc(F)c(F)cc1F)c1cccs1. The van der Waals surface area contributed by atoms with E-state index in [-0.39, 0.29) is 11.9 Å². The van der Waals surface area contributed by atoms with Crippen LogP contribution in [0.4, 0.5) is 19.0 Å². The third kappa shape index (κ3) is 3.26. The highest BCUT2D eigenvalue weighted by atomic mass is 32.1. The van der Waals surface area contributed by atoms with Crippen LogP contribution in [0.3, 0.4) is 0 Å². The quantitative estimate of drug-likeness (QED) is 0.818. The van der Waals surface area contributed by atoms with Crippen molar-refractivity contribution >= 4 is 17.2 Å². The fraction of sp³-hybridized carbons (Fsp3) is 0.308. The minimum atomic E-state index is -1.30. The molecule has 0 bridgehead atoms. The fourth-order valence-corrected chi connectivity index (χ4v) is 2.59. The Kier molecular flexibility index (Phi) is 4.42. The Morgan fingerprint density at radius 2 is 2.11 bits per heavy atom. The van der Waals surface area contributed by atoms with Gasteiger partial charge in [0.2, 0.25) is 0 Å². The van der Waals surface area contributed by atoms with Crippen LogP contribution in [0.5, 0.6) is 0 Å². The van der Waals surface area contributed by atoms with E-state index in [1.54, 1.807) is 0 Å².